The standard InChI is InChI=1S/C17H26N4O/c18-16-20-14-13(6-3-9-17(14)7-1-2-8-17)15(21-16)22-11-12-5-4-10-19-12/h12,19H,1-11H2,(H2,18,20,21). The van der Waals surface area contributed by atoms with Gasteiger partial charge in [-0.15, -0.1) is 0 Å². The highest BCUT2D eigenvalue weighted by Crippen LogP contribution is 2.49. The Morgan fingerprint density at radius 1 is 1.14 bits per heavy atom. The van der Waals surface area contributed by atoms with Crippen LogP contribution in [0.1, 0.15) is 62.6 Å². The Labute approximate surface area is 132 Å². The Balaban J connectivity index is 1.63. The maximum atomic E-state index is 6.08. The summed E-state index contributed by atoms with van der Waals surface area (Å²) in [6.07, 6.45) is 11.0. The molecular formula is C17H26N4O. The van der Waals surface area contributed by atoms with Gasteiger partial charge in [0.15, 0.2) is 0 Å². The minimum absolute atomic E-state index is 0.258. The fraction of sp³-hybridized carbons (Fsp3) is 0.765. The van der Waals surface area contributed by atoms with Crippen molar-refractivity contribution in [3.8, 4) is 5.88 Å². The number of nitrogens with one attached hydrogen (secondary N) is 1. The Morgan fingerprint density at radius 2 is 1.95 bits per heavy atom. The van der Waals surface area contributed by atoms with E-state index in [0.29, 0.717) is 18.6 Å². The SMILES string of the molecule is Nc1nc(OCC2CCCN2)c2c(n1)C1(CCCC1)CCC2. The van der Waals surface area contributed by atoms with Gasteiger partial charge >= 0.3 is 0 Å². The van der Waals surface area contributed by atoms with Crippen LogP contribution in [0.25, 0.3) is 0 Å². The molecule has 1 aromatic heterocycles. The van der Waals surface area contributed by atoms with E-state index in [1.807, 2.05) is 0 Å². The molecule has 0 radical (unpaired) electrons. The molecule has 1 atom stereocenters. The molecule has 1 saturated carbocycles. The van der Waals surface area contributed by atoms with Gasteiger partial charge in [0, 0.05) is 17.0 Å². The van der Waals surface area contributed by atoms with Crippen molar-refractivity contribution in [1.29, 1.82) is 0 Å². The lowest BCUT2D eigenvalue weighted by Gasteiger charge is -2.35. The number of anilines is 1. The zero-order chi connectivity index (χ0) is 15.0. The second kappa shape index (κ2) is 5.69. The number of nitrogens with zero attached hydrogens (tertiary/aromatic N) is 2. The number of fused-ring (bicyclic) bond motifs is 2. The van der Waals surface area contributed by atoms with E-state index in [2.05, 4.69) is 15.3 Å². The van der Waals surface area contributed by atoms with E-state index in [-0.39, 0.29) is 5.41 Å². The largest absolute Gasteiger partial charge is 0.476 e. The van der Waals surface area contributed by atoms with E-state index in [0.717, 1.165) is 18.8 Å². The van der Waals surface area contributed by atoms with Gasteiger partial charge in [0.1, 0.15) is 6.61 Å². The zero-order valence-electron chi connectivity index (χ0n) is 13.2. The number of rotatable bonds is 3. The van der Waals surface area contributed by atoms with Crippen LogP contribution in [-0.4, -0.2) is 29.2 Å². The first-order valence-corrected chi connectivity index (χ1v) is 8.80. The topological polar surface area (TPSA) is 73.1 Å². The van der Waals surface area contributed by atoms with Crippen molar-refractivity contribution in [2.24, 2.45) is 0 Å². The van der Waals surface area contributed by atoms with Gasteiger partial charge in [0.05, 0.1) is 5.69 Å². The van der Waals surface area contributed by atoms with E-state index >= 15 is 0 Å². The van der Waals surface area contributed by atoms with Crippen LogP contribution in [0.3, 0.4) is 0 Å². The predicted molar refractivity (Wildman–Crippen MR) is 86.0 cm³/mol. The molecule has 0 aromatic carbocycles. The normalized spacial score (nSPS) is 26.3. The molecule has 22 heavy (non-hydrogen) atoms. The van der Waals surface area contributed by atoms with E-state index in [4.69, 9.17) is 10.5 Å². The smallest absolute Gasteiger partial charge is 0.223 e. The molecule has 1 aliphatic heterocycles. The molecule has 120 valence electrons. The lowest BCUT2D eigenvalue weighted by atomic mass is 9.72. The van der Waals surface area contributed by atoms with Gasteiger partial charge in [-0.2, -0.15) is 4.98 Å². The number of hydrogen-bond acceptors (Lipinski definition) is 5. The Kier molecular flexibility index (Phi) is 3.68. The lowest BCUT2D eigenvalue weighted by molar-refractivity contribution is 0.258. The van der Waals surface area contributed by atoms with Crippen LogP contribution in [0.5, 0.6) is 5.88 Å². The van der Waals surface area contributed by atoms with E-state index in [1.54, 1.807) is 0 Å². The first-order chi connectivity index (χ1) is 10.8. The van der Waals surface area contributed by atoms with Gasteiger partial charge in [0.2, 0.25) is 11.8 Å². The van der Waals surface area contributed by atoms with E-state index in [9.17, 15) is 0 Å². The highest BCUT2D eigenvalue weighted by molar-refractivity contribution is 5.42. The van der Waals surface area contributed by atoms with Crippen LogP contribution >= 0.6 is 0 Å². The summed E-state index contributed by atoms with van der Waals surface area (Å²) in [4.78, 5) is 9.08. The van der Waals surface area contributed by atoms with Gasteiger partial charge in [-0.05, 0) is 51.5 Å². The molecule has 3 N–H and O–H groups in total. The maximum absolute atomic E-state index is 6.08. The van der Waals surface area contributed by atoms with Crippen molar-refractivity contribution in [3.63, 3.8) is 0 Å². The molecule has 0 amide bonds. The summed E-state index contributed by atoms with van der Waals surface area (Å²) in [5.41, 5.74) is 8.70. The van der Waals surface area contributed by atoms with Crippen molar-refractivity contribution in [2.75, 3.05) is 18.9 Å². The number of nitrogen functional groups attached to an aromatic ring is 1. The second-order valence-electron chi connectivity index (χ2n) is 7.16. The molecule has 1 unspecified atom stereocenters. The monoisotopic (exact) mass is 302 g/mol. The molecule has 2 heterocycles. The molecule has 5 heteroatoms. The summed E-state index contributed by atoms with van der Waals surface area (Å²) in [6, 6.07) is 0.455. The lowest BCUT2D eigenvalue weighted by Crippen LogP contribution is -2.32. The number of ether oxygens (including phenoxy) is 1. The van der Waals surface area contributed by atoms with Gasteiger partial charge in [0.25, 0.3) is 0 Å². The molecule has 4 rings (SSSR count). The van der Waals surface area contributed by atoms with Gasteiger partial charge in [-0.25, -0.2) is 4.98 Å². The summed E-state index contributed by atoms with van der Waals surface area (Å²) in [5, 5.41) is 3.47. The zero-order valence-corrected chi connectivity index (χ0v) is 13.2. The first kappa shape index (κ1) is 14.2. The fourth-order valence-corrected chi connectivity index (χ4v) is 4.60. The molecule has 2 fully saturated rings. The molecule has 1 spiro atoms. The van der Waals surface area contributed by atoms with Crippen molar-refractivity contribution >= 4 is 5.95 Å². The third kappa shape index (κ3) is 2.45. The van der Waals surface area contributed by atoms with Crippen molar-refractivity contribution in [2.45, 2.75) is 69.2 Å². The molecule has 3 aliphatic rings. The molecule has 2 aliphatic carbocycles. The van der Waals surface area contributed by atoms with Gasteiger partial charge in [-0.3, -0.25) is 0 Å². The summed E-state index contributed by atoms with van der Waals surface area (Å²) >= 11 is 0. The average molecular weight is 302 g/mol. The maximum Gasteiger partial charge on any atom is 0.223 e. The van der Waals surface area contributed by atoms with Crippen LogP contribution < -0.4 is 15.8 Å². The van der Waals surface area contributed by atoms with Gasteiger partial charge in [-0.1, -0.05) is 12.8 Å². The Hall–Kier alpha value is -1.36. The highest BCUT2D eigenvalue weighted by atomic mass is 16.5. The fourth-order valence-electron chi connectivity index (χ4n) is 4.60. The summed E-state index contributed by atoms with van der Waals surface area (Å²) in [6.45, 7) is 1.79. The summed E-state index contributed by atoms with van der Waals surface area (Å²) < 4.78 is 6.08. The third-order valence-corrected chi connectivity index (χ3v) is 5.72. The van der Waals surface area contributed by atoms with E-state index < -0.39 is 0 Å². The van der Waals surface area contributed by atoms with E-state index in [1.165, 1.54) is 62.6 Å². The quantitative estimate of drug-likeness (QED) is 0.896. The Morgan fingerprint density at radius 3 is 2.73 bits per heavy atom. The van der Waals surface area contributed by atoms with Crippen LogP contribution in [0, 0.1) is 0 Å². The van der Waals surface area contributed by atoms with Crippen molar-refractivity contribution in [3.05, 3.63) is 11.3 Å². The number of hydrogen-bond donors (Lipinski definition) is 2. The van der Waals surface area contributed by atoms with Crippen LogP contribution in [0.15, 0.2) is 0 Å². The van der Waals surface area contributed by atoms with Crippen molar-refractivity contribution in [1.82, 2.24) is 15.3 Å². The molecular weight excluding hydrogens is 276 g/mol. The summed E-state index contributed by atoms with van der Waals surface area (Å²) in [7, 11) is 0. The number of aromatic nitrogens is 2. The first-order valence-electron chi connectivity index (χ1n) is 8.80. The van der Waals surface area contributed by atoms with Crippen LogP contribution in [0.4, 0.5) is 5.95 Å². The highest BCUT2D eigenvalue weighted by Gasteiger charge is 2.42. The average Bonchev–Trinajstić information content (AvgIpc) is 3.18. The predicted octanol–water partition coefficient (Wildman–Crippen LogP) is 2.34. The molecule has 0 bridgehead atoms. The minimum atomic E-state index is 0.258. The Bertz CT molecular complexity index is 548. The van der Waals surface area contributed by atoms with Crippen LogP contribution in [0.2, 0.25) is 0 Å². The summed E-state index contributed by atoms with van der Waals surface area (Å²) in [5.74, 6) is 1.13. The van der Waals surface area contributed by atoms with Crippen molar-refractivity contribution < 1.29 is 4.74 Å². The van der Waals surface area contributed by atoms with Gasteiger partial charge < -0.3 is 15.8 Å². The second-order valence-corrected chi connectivity index (χ2v) is 7.16. The molecule has 1 aromatic rings. The third-order valence-electron chi connectivity index (χ3n) is 5.72. The number of nitrogens with two attached hydrogens (primary N) is 1. The molecule has 1 saturated heterocycles. The minimum Gasteiger partial charge on any atom is -0.476 e. The van der Waals surface area contributed by atoms with Crippen LogP contribution in [-0.2, 0) is 11.8 Å². The molecule has 5 nitrogen and oxygen atoms in total.